The summed E-state index contributed by atoms with van der Waals surface area (Å²) in [6.45, 7) is 19.6. The van der Waals surface area contributed by atoms with Crippen LogP contribution in [0.5, 0.6) is 0 Å². The van der Waals surface area contributed by atoms with Crippen LogP contribution in [0.15, 0.2) is 89.9 Å². The summed E-state index contributed by atoms with van der Waals surface area (Å²) in [6, 6.07) is 32.6. The first-order chi connectivity index (χ1) is 20.9. The number of aliphatic imine (C=N–C) groups is 1. The molecule has 0 saturated heterocycles. The first kappa shape index (κ1) is 29.5. The molecule has 0 amide bonds. The van der Waals surface area contributed by atoms with E-state index in [2.05, 4.69) is 140 Å². The zero-order chi connectivity index (χ0) is 31.0. The van der Waals surface area contributed by atoms with E-state index in [4.69, 9.17) is 9.73 Å². The highest BCUT2D eigenvalue weighted by atomic mass is 31.1. The van der Waals surface area contributed by atoms with Crippen LogP contribution in [0.4, 0.5) is 0 Å². The van der Waals surface area contributed by atoms with Gasteiger partial charge in [-0.2, -0.15) is 0 Å². The SMILES string of the molecule is Cc1cc(C2=N[C@@H](C(C)C)CO2)c2c(c1)C(C)(C)C[C@]21CC(C)(C)c2cc(C)cc(P(c3ccccc3)c3ccccc3)c21. The van der Waals surface area contributed by atoms with Gasteiger partial charge in [0.15, 0.2) is 0 Å². The standard InChI is InChI=1S/C41H46NOP/c1-26(2)34-23-43-38(42-34)31-19-27(3)20-32-36(31)41(24-39(32,5)6)25-40(7,8)33-21-28(4)22-35(37(33)41)44(29-15-11-9-12-16-29)30-17-13-10-14-18-30/h9-22,26,34H,23-25H2,1-8H3/t34-,41+/m1/s1. The Morgan fingerprint density at radius 1 is 0.727 bits per heavy atom. The van der Waals surface area contributed by atoms with E-state index < -0.39 is 7.92 Å². The molecular formula is C41H46NOP. The van der Waals surface area contributed by atoms with E-state index in [1.54, 1.807) is 5.56 Å². The number of rotatable bonds is 5. The highest BCUT2D eigenvalue weighted by molar-refractivity contribution is 7.80. The second kappa shape index (κ2) is 10.4. The van der Waals surface area contributed by atoms with Gasteiger partial charge in [0, 0.05) is 11.0 Å². The van der Waals surface area contributed by atoms with E-state index in [-0.39, 0.29) is 22.3 Å². The summed E-state index contributed by atoms with van der Waals surface area (Å²) in [5.41, 5.74) is 9.85. The maximum Gasteiger partial charge on any atom is 0.216 e. The minimum Gasteiger partial charge on any atom is -0.475 e. The molecule has 0 bridgehead atoms. The summed E-state index contributed by atoms with van der Waals surface area (Å²) in [5, 5.41) is 4.33. The van der Waals surface area contributed by atoms with Gasteiger partial charge in [-0.05, 0) is 95.6 Å². The van der Waals surface area contributed by atoms with Crippen molar-refractivity contribution in [3.63, 3.8) is 0 Å². The minimum atomic E-state index is -0.772. The highest BCUT2D eigenvalue weighted by Crippen LogP contribution is 2.64. The van der Waals surface area contributed by atoms with Gasteiger partial charge in [-0.3, -0.25) is 0 Å². The van der Waals surface area contributed by atoms with E-state index in [0.717, 1.165) is 18.7 Å². The summed E-state index contributed by atoms with van der Waals surface area (Å²) in [4.78, 5) is 5.24. The third-order valence-corrected chi connectivity index (χ3v) is 12.9. The molecule has 0 N–H and O–H groups in total. The summed E-state index contributed by atoms with van der Waals surface area (Å²) in [5.74, 6) is 1.31. The Bertz CT molecular complexity index is 1720. The molecule has 3 aliphatic rings. The van der Waals surface area contributed by atoms with Crippen LogP contribution in [0.3, 0.4) is 0 Å². The average molecular weight is 600 g/mol. The number of aryl methyl sites for hydroxylation is 2. The number of benzene rings is 4. The Balaban J connectivity index is 1.57. The van der Waals surface area contributed by atoms with E-state index in [0.29, 0.717) is 12.5 Å². The first-order valence-electron chi connectivity index (χ1n) is 16.3. The van der Waals surface area contributed by atoms with Crippen LogP contribution < -0.4 is 15.9 Å². The van der Waals surface area contributed by atoms with Crippen LogP contribution >= 0.6 is 7.92 Å². The molecular weight excluding hydrogens is 553 g/mol. The lowest BCUT2D eigenvalue weighted by atomic mass is 9.71. The molecule has 0 fully saturated rings. The van der Waals surface area contributed by atoms with Crippen LogP contribution in [0.25, 0.3) is 0 Å². The highest BCUT2D eigenvalue weighted by Gasteiger charge is 2.59. The molecule has 4 aromatic carbocycles. The number of hydrogen-bond acceptors (Lipinski definition) is 2. The van der Waals surface area contributed by atoms with Crippen molar-refractivity contribution in [3.05, 3.63) is 124 Å². The zero-order valence-corrected chi connectivity index (χ0v) is 28.6. The molecule has 0 unspecified atom stereocenters. The monoisotopic (exact) mass is 599 g/mol. The lowest BCUT2D eigenvalue weighted by Gasteiger charge is -2.34. The molecule has 0 aromatic heterocycles. The van der Waals surface area contributed by atoms with Crippen LogP contribution in [-0.2, 0) is 21.0 Å². The molecule has 2 atom stereocenters. The van der Waals surface area contributed by atoms with Gasteiger partial charge >= 0.3 is 0 Å². The van der Waals surface area contributed by atoms with E-state index >= 15 is 0 Å². The fraction of sp³-hybridized carbons (Fsp3) is 0.390. The van der Waals surface area contributed by atoms with E-state index in [9.17, 15) is 0 Å². The third kappa shape index (κ3) is 4.59. The van der Waals surface area contributed by atoms with Crippen LogP contribution in [-0.4, -0.2) is 18.5 Å². The van der Waals surface area contributed by atoms with Crippen molar-refractivity contribution in [2.24, 2.45) is 10.9 Å². The molecule has 1 spiro atoms. The quantitative estimate of drug-likeness (QED) is 0.211. The Morgan fingerprint density at radius 3 is 1.77 bits per heavy atom. The average Bonchev–Trinajstić information content (AvgIpc) is 3.61. The maximum absolute atomic E-state index is 6.49. The Hall–Kier alpha value is -3.22. The maximum atomic E-state index is 6.49. The summed E-state index contributed by atoms with van der Waals surface area (Å²) < 4.78 is 6.49. The largest absolute Gasteiger partial charge is 0.475 e. The molecule has 0 radical (unpaired) electrons. The molecule has 3 heteroatoms. The van der Waals surface area contributed by atoms with Crippen molar-refractivity contribution in [1.82, 2.24) is 0 Å². The van der Waals surface area contributed by atoms with E-state index in [1.165, 1.54) is 49.3 Å². The Morgan fingerprint density at radius 2 is 1.25 bits per heavy atom. The lowest BCUT2D eigenvalue weighted by molar-refractivity contribution is 0.291. The molecule has 4 aromatic rings. The third-order valence-electron chi connectivity index (χ3n) is 10.4. The fourth-order valence-corrected chi connectivity index (χ4v) is 11.4. The van der Waals surface area contributed by atoms with Gasteiger partial charge in [0.05, 0.1) is 6.04 Å². The van der Waals surface area contributed by atoms with Gasteiger partial charge in [0.2, 0.25) is 5.90 Å². The van der Waals surface area contributed by atoms with Crippen molar-refractivity contribution >= 4 is 29.7 Å². The normalized spacial score (nSPS) is 22.8. The number of fused-ring (bicyclic) bond motifs is 4. The molecule has 2 aliphatic carbocycles. The van der Waals surface area contributed by atoms with Gasteiger partial charge in [0.1, 0.15) is 6.61 Å². The van der Waals surface area contributed by atoms with Gasteiger partial charge in [0.25, 0.3) is 0 Å². The second-order valence-electron chi connectivity index (χ2n) is 15.2. The molecule has 44 heavy (non-hydrogen) atoms. The van der Waals surface area contributed by atoms with Gasteiger partial charge in [-0.15, -0.1) is 0 Å². The van der Waals surface area contributed by atoms with Gasteiger partial charge < -0.3 is 4.74 Å². The number of ether oxygens (including phenoxy) is 1. The first-order valence-corrected chi connectivity index (χ1v) is 17.7. The molecule has 7 rings (SSSR count). The lowest BCUT2D eigenvalue weighted by Crippen LogP contribution is -2.34. The van der Waals surface area contributed by atoms with Crippen molar-refractivity contribution in [2.45, 2.75) is 90.5 Å². The molecule has 2 nitrogen and oxygen atoms in total. The summed E-state index contributed by atoms with van der Waals surface area (Å²) in [7, 11) is -0.772. The predicted molar refractivity (Wildman–Crippen MR) is 188 cm³/mol. The van der Waals surface area contributed by atoms with Crippen LogP contribution in [0.2, 0.25) is 0 Å². The zero-order valence-electron chi connectivity index (χ0n) is 27.7. The smallest absolute Gasteiger partial charge is 0.216 e. The van der Waals surface area contributed by atoms with Crippen LogP contribution in [0, 0.1) is 19.8 Å². The van der Waals surface area contributed by atoms with Crippen LogP contribution in [0.1, 0.15) is 93.3 Å². The molecule has 1 heterocycles. The van der Waals surface area contributed by atoms with Crippen molar-refractivity contribution in [3.8, 4) is 0 Å². The molecule has 0 saturated carbocycles. The topological polar surface area (TPSA) is 21.6 Å². The fourth-order valence-electron chi connectivity index (χ4n) is 8.68. The van der Waals surface area contributed by atoms with Crippen molar-refractivity contribution < 1.29 is 4.74 Å². The molecule has 226 valence electrons. The number of nitrogens with zero attached hydrogens (tertiary/aromatic N) is 1. The minimum absolute atomic E-state index is 0.0226. The van der Waals surface area contributed by atoms with Crippen molar-refractivity contribution in [2.75, 3.05) is 6.61 Å². The van der Waals surface area contributed by atoms with Gasteiger partial charge in [-0.1, -0.05) is 132 Å². The molecule has 1 aliphatic heterocycles. The summed E-state index contributed by atoms with van der Waals surface area (Å²) >= 11 is 0. The van der Waals surface area contributed by atoms with Crippen molar-refractivity contribution in [1.29, 1.82) is 0 Å². The second-order valence-corrected chi connectivity index (χ2v) is 17.4. The number of hydrogen-bond donors (Lipinski definition) is 0. The van der Waals surface area contributed by atoms with Gasteiger partial charge in [-0.25, -0.2) is 4.99 Å². The van der Waals surface area contributed by atoms with E-state index in [1.807, 2.05) is 0 Å². The summed E-state index contributed by atoms with van der Waals surface area (Å²) in [6.07, 6.45) is 2.18. The Labute approximate surface area is 265 Å². The predicted octanol–water partition coefficient (Wildman–Crippen LogP) is 8.51. The Kier molecular flexibility index (Phi) is 6.98.